The van der Waals surface area contributed by atoms with E-state index in [0.717, 1.165) is 74.2 Å². The van der Waals surface area contributed by atoms with Crippen molar-refractivity contribution in [1.29, 1.82) is 0 Å². The summed E-state index contributed by atoms with van der Waals surface area (Å²) in [4.78, 5) is 15.1. The largest absolute Gasteiger partial charge is 0.457 e. The maximum Gasteiger partial charge on any atom is 0.132 e. The summed E-state index contributed by atoms with van der Waals surface area (Å²) < 4.78 is 6.84. The lowest BCUT2D eigenvalue weighted by Crippen LogP contribution is -2.32. The number of fused-ring (bicyclic) bond motifs is 9. The molecule has 0 saturated heterocycles. The van der Waals surface area contributed by atoms with Crippen LogP contribution in [0.15, 0.2) is 176 Å². The van der Waals surface area contributed by atoms with Crippen LogP contribution in [0, 0.1) is 20.8 Å². The lowest BCUT2D eigenvalue weighted by atomic mass is 9.65. The van der Waals surface area contributed by atoms with Crippen molar-refractivity contribution in [3.05, 3.63) is 221 Å². The van der Waals surface area contributed by atoms with Crippen molar-refractivity contribution in [2.24, 2.45) is 0 Å². The Morgan fingerprint density at radius 3 is 2.05 bits per heavy atom. The first-order chi connectivity index (χ1) is 29.0. The normalized spacial score (nSPS) is 16.9. The Morgan fingerprint density at radius 2 is 1.22 bits per heavy atom. The van der Waals surface area contributed by atoms with Gasteiger partial charge in [0.15, 0.2) is 0 Å². The smallest absolute Gasteiger partial charge is 0.132 e. The monoisotopic (exact) mass is 759 g/mol. The van der Waals surface area contributed by atoms with Crippen LogP contribution in [0.25, 0.3) is 56.0 Å². The molecule has 2 aliphatic carbocycles. The number of pyridine rings is 1. The van der Waals surface area contributed by atoms with E-state index < -0.39 is 5.41 Å². The summed E-state index contributed by atoms with van der Waals surface area (Å²) in [6, 6.07) is 52.7. The minimum Gasteiger partial charge on any atom is -0.457 e. The molecule has 59 heavy (non-hydrogen) atoms. The van der Waals surface area contributed by atoms with E-state index in [1.807, 2.05) is 13.1 Å². The molecule has 6 aromatic carbocycles. The molecule has 0 saturated carbocycles. The second-order valence-corrected chi connectivity index (χ2v) is 16.0. The zero-order valence-corrected chi connectivity index (χ0v) is 33.3. The van der Waals surface area contributed by atoms with Crippen LogP contribution in [0.1, 0.15) is 57.1 Å². The fourth-order valence-corrected chi connectivity index (χ4v) is 9.76. The third-order valence-electron chi connectivity index (χ3n) is 12.6. The van der Waals surface area contributed by atoms with Gasteiger partial charge in [0, 0.05) is 39.9 Å². The van der Waals surface area contributed by atoms with E-state index in [1.54, 1.807) is 0 Å². The summed E-state index contributed by atoms with van der Waals surface area (Å²) in [6.07, 6.45) is 11.8. The van der Waals surface area contributed by atoms with Crippen molar-refractivity contribution in [2.45, 2.75) is 38.5 Å². The molecule has 0 fully saturated rings. The maximum atomic E-state index is 6.84. The van der Waals surface area contributed by atoms with Crippen LogP contribution in [0.3, 0.4) is 0 Å². The van der Waals surface area contributed by atoms with E-state index in [9.17, 15) is 0 Å². The molecule has 1 spiro atoms. The zero-order valence-electron chi connectivity index (χ0n) is 33.3. The first-order valence-corrected chi connectivity index (χ1v) is 20.5. The van der Waals surface area contributed by atoms with E-state index in [4.69, 9.17) is 19.7 Å². The summed E-state index contributed by atoms with van der Waals surface area (Å²) >= 11 is 0. The van der Waals surface area contributed by atoms with Crippen LogP contribution < -0.4 is 4.74 Å². The minimum absolute atomic E-state index is 0.298. The van der Waals surface area contributed by atoms with E-state index >= 15 is 0 Å². The van der Waals surface area contributed by atoms with Crippen molar-refractivity contribution in [3.63, 3.8) is 0 Å². The molecular formula is C55H41N3O. The second kappa shape index (κ2) is 13.7. The average molecular weight is 760 g/mol. The number of aryl methyl sites for hydroxylation is 3. The van der Waals surface area contributed by atoms with Gasteiger partial charge in [-0.1, -0.05) is 133 Å². The van der Waals surface area contributed by atoms with Crippen LogP contribution in [0.2, 0.25) is 0 Å². The fourth-order valence-electron chi connectivity index (χ4n) is 9.76. The molecule has 2 unspecified atom stereocenters. The van der Waals surface area contributed by atoms with Crippen LogP contribution in [-0.4, -0.2) is 15.0 Å². The van der Waals surface area contributed by atoms with Gasteiger partial charge in [0.1, 0.15) is 17.3 Å². The Labute approximate surface area is 345 Å². The summed E-state index contributed by atoms with van der Waals surface area (Å²) in [7, 11) is 0. The van der Waals surface area contributed by atoms with Crippen LogP contribution in [0.4, 0.5) is 0 Å². The Kier molecular flexibility index (Phi) is 8.16. The predicted octanol–water partition coefficient (Wildman–Crippen LogP) is 13.5. The molecule has 2 aromatic heterocycles. The van der Waals surface area contributed by atoms with Crippen molar-refractivity contribution in [3.8, 4) is 67.5 Å². The highest BCUT2D eigenvalue weighted by atomic mass is 16.5. The van der Waals surface area contributed by atoms with Crippen LogP contribution >= 0.6 is 0 Å². The third-order valence-corrected chi connectivity index (χ3v) is 12.6. The number of nitrogens with zero attached hydrogens (tertiary/aromatic N) is 3. The third kappa shape index (κ3) is 5.47. The Hall–Kier alpha value is -7.17. The molecule has 0 N–H and O–H groups in total. The number of hydrogen-bond acceptors (Lipinski definition) is 4. The number of rotatable bonds is 5. The molecule has 0 bridgehead atoms. The molecule has 0 radical (unpaired) electrons. The summed E-state index contributed by atoms with van der Waals surface area (Å²) in [5.41, 5.74) is 18.6. The number of hydrogen-bond donors (Lipinski definition) is 0. The molecule has 0 amide bonds. The number of allylic oxidation sites excluding steroid dienone is 4. The molecule has 8 aromatic rings. The number of aromatic nitrogens is 3. The molecule has 282 valence electrons. The van der Waals surface area contributed by atoms with Gasteiger partial charge in [-0.3, -0.25) is 4.98 Å². The van der Waals surface area contributed by atoms with Gasteiger partial charge in [-0.15, -0.1) is 0 Å². The van der Waals surface area contributed by atoms with Gasteiger partial charge in [0.25, 0.3) is 0 Å². The van der Waals surface area contributed by atoms with Crippen LogP contribution in [0.5, 0.6) is 11.5 Å². The minimum atomic E-state index is -0.659. The Morgan fingerprint density at radius 1 is 0.525 bits per heavy atom. The van der Waals surface area contributed by atoms with E-state index in [1.165, 1.54) is 44.5 Å². The van der Waals surface area contributed by atoms with Gasteiger partial charge in [-0.2, -0.15) is 0 Å². The molecule has 1 aliphatic heterocycles. The predicted molar refractivity (Wildman–Crippen MR) is 239 cm³/mol. The second-order valence-electron chi connectivity index (χ2n) is 16.0. The average Bonchev–Trinajstić information content (AvgIpc) is 3.58. The van der Waals surface area contributed by atoms with Gasteiger partial charge in [-0.05, 0) is 114 Å². The number of ether oxygens (including phenoxy) is 1. The van der Waals surface area contributed by atoms with Crippen molar-refractivity contribution < 1.29 is 4.74 Å². The molecule has 3 aliphatic rings. The lowest BCUT2D eigenvalue weighted by Gasteiger charge is -2.39. The topological polar surface area (TPSA) is 47.9 Å². The van der Waals surface area contributed by atoms with E-state index in [2.05, 4.69) is 184 Å². The highest BCUT2D eigenvalue weighted by Crippen LogP contribution is 2.64. The standard InChI is InChI=1S/C55H41N3O/c1-34-30-50(56-33-35(34)2)42-21-10-8-19-40(42)43-23-15-26-47-54(43)44-22-11-12-24-45(44)55(47)46-25-13-14-27-52(46)59-53-29-28-38(31-48(53)55)49-32-51(58-36(3)57-49)41-20-9-7-18-39(41)37-16-5-4-6-17-37/h4-16,18-33,37H,17H2,1-3H3. The molecule has 4 heteroatoms. The Bertz CT molecular complexity index is 3070. The van der Waals surface area contributed by atoms with Gasteiger partial charge < -0.3 is 4.74 Å². The fraction of sp³-hybridized carbons (Fsp3) is 0.109. The molecular weight excluding hydrogens is 719 g/mol. The van der Waals surface area contributed by atoms with Crippen molar-refractivity contribution >= 4 is 0 Å². The zero-order chi connectivity index (χ0) is 39.7. The molecule has 11 rings (SSSR count). The van der Waals surface area contributed by atoms with Gasteiger partial charge >= 0.3 is 0 Å². The van der Waals surface area contributed by atoms with Gasteiger partial charge in [-0.25, -0.2) is 9.97 Å². The first kappa shape index (κ1) is 35.0. The Balaban J connectivity index is 1.14. The van der Waals surface area contributed by atoms with Crippen LogP contribution in [-0.2, 0) is 5.41 Å². The number of para-hydroxylation sites is 1. The van der Waals surface area contributed by atoms with E-state index in [0.29, 0.717) is 5.92 Å². The summed E-state index contributed by atoms with van der Waals surface area (Å²) in [5, 5.41) is 0. The van der Waals surface area contributed by atoms with Crippen molar-refractivity contribution in [1.82, 2.24) is 15.0 Å². The summed E-state index contributed by atoms with van der Waals surface area (Å²) in [6.45, 7) is 6.27. The number of benzene rings is 6. The van der Waals surface area contributed by atoms with E-state index in [-0.39, 0.29) is 0 Å². The van der Waals surface area contributed by atoms with Gasteiger partial charge in [0.05, 0.1) is 22.5 Å². The van der Waals surface area contributed by atoms with Crippen molar-refractivity contribution in [2.75, 3.05) is 0 Å². The first-order valence-electron chi connectivity index (χ1n) is 20.5. The molecule has 2 atom stereocenters. The van der Waals surface area contributed by atoms with Gasteiger partial charge in [0.2, 0.25) is 0 Å². The highest BCUT2D eigenvalue weighted by Gasteiger charge is 2.51. The SMILES string of the molecule is Cc1nc(-c2ccc3c(c2)C2(c4ccccc4O3)c3ccccc3-c3c(-c4ccccc4-c4cc(C)c(C)cn4)cccc32)cc(-c2ccccc2C2C=CC=CC2)n1. The highest BCUT2D eigenvalue weighted by molar-refractivity contribution is 5.99. The summed E-state index contributed by atoms with van der Waals surface area (Å²) in [5.74, 6) is 2.74. The maximum absolute atomic E-state index is 6.84. The molecule has 4 nitrogen and oxygen atoms in total. The quantitative estimate of drug-likeness (QED) is 0.175. The lowest BCUT2D eigenvalue weighted by molar-refractivity contribution is 0.436. The molecule has 3 heterocycles.